The van der Waals surface area contributed by atoms with Gasteiger partial charge < -0.3 is 10.1 Å². The highest BCUT2D eigenvalue weighted by Gasteiger charge is 2.07. The van der Waals surface area contributed by atoms with Gasteiger partial charge in [-0.05, 0) is 41.3 Å². The number of benzene rings is 2. The van der Waals surface area contributed by atoms with Crippen molar-refractivity contribution in [2.75, 3.05) is 12.4 Å². The SMILES string of the molecule is COc1ccc(Br)c(CNc2ccccc2C(C)C)c1. The van der Waals surface area contributed by atoms with Crippen LogP contribution in [0.2, 0.25) is 0 Å². The lowest BCUT2D eigenvalue weighted by molar-refractivity contribution is 0.414. The highest BCUT2D eigenvalue weighted by atomic mass is 79.9. The van der Waals surface area contributed by atoms with Gasteiger partial charge in [0.1, 0.15) is 5.75 Å². The Balaban J connectivity index is 2.17. The van der Waals surface area contributed by atoms with Crippen LogP contribution >= 0.6 is 15.9 Å². The van der Waals surface area contributed by atoms with Gasteiger partial charge in [0.15, 0.2) is 0 Å². The standard InChI is InChI=1S/C17H20BrNO/c1-12(2)15-6-4-5-7-17(15)19-11-13-10-14(20-3)8-9-16(13)18/h4-10,12,19H,11H2,1-3H3. The molecule has 0 atom stereocenters. The molecule has 0 saturated heterocycles. The number of rotatable bonds is 5. The van der Waals surface area contributed by atoms with Crippen LogP contribution in [0.5, 0.6) is 5.75 Å². The minimum Gasteiger partial charge on any atom is -0.497 e. The molecule has 0 spiro atoms. The first kappa shape index (κ1) is 14.9. The fourth-order valence-corrected chi connectivity index (χ4v) is 2.55. The molecule has 0 bridgehead atoms. The van der Waals surface area contributed by atoms with Crippen molar-refractivity contribution in [3.05, 3.63) is 58.1 Å². The van der Waals surface area contributed by atoms with Crippen LogP contribution in [-0.2, 0) is 6.54 Å². The smallest absolute Gasteiger partial charge is 0.119 e. The van der Waals surface area contributed by atoms with Gasteiger partial charge in [0.05, 0.1) is 7.11 Å². The summed E-state index contributed by atoms with van der Waals surface area (Å²) in [5.74, 6) is 1.38. The third-order valence-corrected chi connectivity index (χ3v) is 4.08. The van der Waals surface area contributed by atoms with Crippen LogP contribution in [0.3, 0.4) is 0 Å². The van der Waals surface area contributed by atoms with Crippen LogP contribution in [0.1, 0.15) is 30.9 Å². The van der Waals surface area contributed by atoms with E-state index in [-0.39, 0.29) is 0 Å². The predicted molar refractivity (Wildman–Crippen MR) is 88.6 cm³/mol. The molecule has 0 aliphatic carbocycles. The summed E-state index contributed by atoms with van der Waals surface area (Å²) in [5.41, 5.74) is 3.71. The molecule has 0 aromatic heterocycles. The minimum atomic E-state index is 0.507. The molecule has 0 aliphatic heterocycles. The van der Waals surface area contributed by atoms with E-state index in [4.69, 9.17) is 4.74 Å². The van der Waals surface area contributed by atoms with E-state index in [9.17, 15) is 0 Å². The Bertz CT molecular complexity index is 581. The third-order valence-electron chi connectivity index (χ3n) is 3.30. The second kappa shape index (κ2) is 6.80. The number of ether oxygens (including phenoxy) is 1. The molecule has 2 rings (SSSR count). The largest absolute Gasteiger partial charge is 0.497 e. The quantitative estimate of drug-likeness (QED) is 0.812. The molecule has 0 heterocycles. The Morgan fingerprint density at radius 3 is 2.60 bits per heavy atom. The molecular formula is C17H20BrNO. The van der Waals surface area contributed by atoms with Crippen molar-refractivity contribution in [2.45, 2.75) is 26.3 Å². The second-order valence-electron chi connectivity index (χ2n) is 5.05. The molecule has 3 heteroatoms. The Labute approximate surface area is 129 Å². The van der Waals surface area contributed by atoms with Crippen LogP contribution in [0, 0.1) is 0 Å². The van der Waals surface area contributed by atoms with E-state index in [0.29, 0.717) is 5.92 Å². The van der Waals surface area contributed by atoms with Crippen LogP contribution in [-0.4, -0.2) is 7.11 Å². The number of hydrogen-bond acceptors (Lipinski definition) is 2. The summed E-state index contributed by atoms with van der Waals surface area (Å²) in [6.07, 6.45) is 0. The summed E-state index contributed by atoms with van der Waals surface area (Å²) >= 11 is 3.59. The highest BCUT2D eigenvalue weighted by molar-refractivity contribution is 9.10. The van der Waals surface area contributed by atoms with Gasteiger partial charge in [-0.2, -0.15) is 0 Å². The second-order valence-corrected chi connectivity index (χ2v) is 5.91. The number of methoxy groups -OCH3 is 1. The van der Waals surface area contributed by atoms with E-state index in [1.165, 1.54) is 16.8 Å². The molecule has 0 radical (unpaired) electrons. The maximum Gasteiger partial charge on any atom is 0.119 e. The molecule has 2 nitrogen and oxygen atoms in total. The van der Waals surface area contributed by atoms with Gasteiger partial charge in [-0.1, -0.05) is 48.0 Å². The van der Waals surface area contributed by atoms with Crippen molar-refractivity contribution in [2.24, 2.45) is 0 Å². The number of hydrogen-bond donors (Lipinski definition) is 1. The van der Waals surface area contributed by atoms with Crippen molar-refractivity contribution >= 4 is 21.6 Å². The van der Waals surface area contributed by atoms with Crippen molar-refractivity contribution in [3.8, 4) is 5.75 Å². The summed E-state index contributed by atoms with van der Waals surface area (Å²) < 4.78 is 6.37. The molecule has 0 amide bonds. The maximum absolute atomic E-state index is 5.28. The molecule has 2 aromatic rings. The Morgan fingerprint density at radius 2 is 1.90 bits per heavy atom. The van der Waals surface area contributed by atoms with Gasteiger partial charge in [-0.15, -0.1) is 0 Å². The van der Waals surface area contributed by atoms with Crippen molar-refractivity contribution in [1.29, 1.82) is 0 Å². The Hall–Kier alpha value is -1.48. The normalized spacial score (nSPS) is 10.7. The van der Waals surface area contributed by atoms with E-state index in [0.717, 1.165) is 16.8 Å². The summed E-state index contributed by atoms with van der Waals surface area (Å²) in [5, 5.41) is 3.52. The molecule has 0 aliphatic rings. The van der Waals surface area contributed by atoms with Crippen LogP contribution in [0.15, 0.2) is 46.9 Å². The maximum atomic E-state index is 5.28. The lowest BCUT2D eigenvalue weighted by atomic mass is 10.0. The van der Waals surface area contributed by atoms with E-state index < -0.39 is 0 Å². The average molecular weight is 334 g/mol. The molecule has 0 saturated carbocycles. The first-order valence-electron chi connectivity index (χ1n) is 6.77. The zero-order valence-electron chi connectivity index (χ0n) is 12.1. The van der Waals surface area contributed by atoms with Gasteiger partial charge in [0.2, 0.25) is 0 Å². The van der Waals surface area contributed by atoms with Crippen molar-refractivity contribution in [1.82, 2.24) is 0 Å². The van der Waals surface area contributed by atoms with E-state index in [1.54, 1.807) is 7.11 Å². The van der Waals surface area contributed by atoms with Crippen LogP contribution in [0.25, 0.3) is 0 Å². The Kier molecular flexibility index (Phi) is 5.07. The minimum absolute atomic E-state index is 0.507. The van der Waals surface area contributed by atoms with Gasteiger partial charge in [-0.3, -0.25) is 0 Å². The topological polar surface area (TPSA) is 21.3 Å². The number of nitrogens with one attached hydrogen (secondary N) is 1. The van der Waals surface area contributed by atoms with Gasteiger partial charge in [-0.25, -0.2) is 0 Å². The summed E-state index contributed by atoms with van der Waals surface area (Å²) in [4.78, 5) is 0. The number of para-hydroxylation sites is 1. The monoisotopic (exact) mass is 333 g/mol. The van der Waals surface area contributed by atoms with Crippen molar-refractivity contribution < 1.29 is 4.74 Å². The predicted octanol–water partition coefficient (Wildman–Crippen LogP) is 5.19. The molecule has 2 aromatic carbocycles. The zero-order chi connectivity index (χ0) is 14.5. The highest BCUT2D eigenvalue weighted by Crippen LogP contribution is 2.26. The lowest BCUT2D eigenvalue weighted by Gasteiger charge is -2.15. The fourth-order valence-electron chi connectivity index (χ4n) is 2.17. The lowest BCUT2D eigenvalue weighted by Crippen LogP contribution is -2.04. The van der Waals surface area contributed by atoms with Gasteiger partial charge >= 0.3 is 0 Å². The zero-order valence-corrected chi connectivity index (χ0v) is 13.7. The first-order chi connectivity index (χ1) is 9.61. The van der Waals surface area contributed by atoms with Crippen LogP contribution in [0.4, 0.5) is 5.69 Å². The molecular weight excluding hydrogens is 314 g/mol. The molecule has 0 fully saturated rings. The Morgan fingerprint density at radius 1 is 1.15 bits per heavy atom. The van der Waals surface area contributed by atoms with E-state index in [2.05, 4.69) is 65.4 Å². The fraction of sp³-hybridized carbons (Fsp3) is 0.294. The average Bonchev–Trinajstić information content (AvgIpc) is 2.46. The van der Waals surface area contributed by atoms with Gasteiger partial charge in [0, 0.05) is 16.7 Å². The summed E-state index contributed by atoms with van der Waals surface area (Å²) in [6, 6.07) is 14.5. The van der Waals surface area contributed by atoms with E-state index in [1.807, 2.05) is 12.1 Å². The molecule has 0 unspecified atom stereocenters. The third kappa shape index (κ3) is 3.54. The number of anilines is 1. The number of halogens is 1. The summed E-state index contributed by atoms with van der Waals surface area (Å²) in [6.45, 7) is 5.19. The molecule has 106 valence electrons. The van der Waals surface area contributed by atoms with Crippen LogP contribution < -0.4 is 10.1 Å². The van der Waals surface area contributed by atoms with E-state index >= 15 is 0 Å². The first-order valence-corrected chi connectivity index (χ1v) is 7.56. The van der Waals surface area contributed by atoms with Gasteiger partial charge in [0.25, 0.3) is 0 Å². The molecule has 1 N–H and O–H groups in total. The summed E-state index contributed by atoms with van der Waals surface area (Å²) in [7, 11) is 1.69. The molecule has 20 heavy (non-hydrogen) atoms. The van der Waals surface area contributed by atoms with Crippen molar-refractivity contribution in [3.63, 3.8) is 0 Å².